The summed E-state index contributed by atoms with van der Waals surface area (Å²) in [5.41, 5.74) is 0.588. The molecule has 132 valence electrons. The van der Waals surface area contributed by atoms with Crippen LogP contribution in [-0.2, 0) is 0 Å². The van der Waals surface area contributed by atoms with Gasteiger partial charge in [0, 0.05) is 23.9 Å². The van der Waals surface area contributed by atoms with Crippen LogP contribution >= 0.6 is 0 Å². The Morgan fingerprint density at radius 2 is 1.92 bits per heavy atom. The van der Waals surface area contributed by atoms with Crippen molar-refractivity contribution >= 4 is 23.1 Å². The maximum absolute atomic E-state index is 13.7. The van der Waals surface area contributed by atoms with E-state index in [0.29, 0.717) is 23.3 Å². The third kappa shape index (κ3) is 4.10. The number of carbonyl (C=O) groups excluding carboxylic acids is 1. The van der Waals surface area contributed by atoms with Crippen LogP contribution in [0.25, 0.3) is 0 Å². The van der Waals surface area contributed by atoms with Gasteiger partial charge in [0.2, 0.25) is 0 Å². The molecule has 0 radical (unpaired) electrons. The number of halogens is 2. The van der Waals surface area contributed by atoms with E-state index in [4.69, 9.17) is 4.74 Å². The van der Waals surface area contributed by atoms with Crippen molar-refractivity contribution in [1.82, 2.24) is 9.97 Å². The van der Waals surface area contributed by atoms with Crippen molar-refractivity contribution in [1.29, 1.82) is 0 Å². The van der Waals surface area contributed by atoms with E-state index in [2.05, 4.69) is 20.6 Å². The lowest BCUT2D eigenvalue weighted by molar-refractivity contribution is 0.102. The van der Waals surface area contributed by atoms with Gasteiger partial charge in [0.1, 0.15) is 35.2 Å². The molecule has 0 fully saturated rings. The maximum atomic E-state index is 13.7. The summed E-state index contributed by atoms with van der Waals surface area (Å²) in [7, 11) is 1.56. The van der Waals surface area contributed by atoms with E-state index in [1.54, 1.807) is 31.4 Å². The predicted molar refractivity (Wildman–Crippen MR) is 92.6 cm³/mol. The lowest BCUT2D eigenvalue weighted by atomic mass is 10.2. The first kappa shape index (κ1) is 17.3. The maximum Gasteiger partial charge on any atom is 0.274 e. The summed E-state index contributed by atoms with van der Waals surface area (Å²) < 4.78 is 31.7. The Hall–Kier alpha value is -3.55. The molecular weight excluding hydrogens is 342 g/mol. The number of ether oxygens (including phenoxy) is 1. The van der Waals surface area contributed by atoms with Gasteiger partial charge in [0.15, 0.2) is 0 Å². The highest BCUT2D eigenvalue weighted by Crippen LogP contribution is 2.21. The van der Waals surface area contributed by atoms with Crippen molar-refractivity contribution in [3.8, 4) is 5.75 Å². The first-order valence-corrected chi connectivity index (χ1v) is 7.54. The van der Waals surface area contributed by atoms with Gasteiger partial charge in [-0.3, -0.25) is 4.79 Å². The van der Waals surface area contributed by atoms with Crippen LogP contribution in [0.1, 0.15) is 10.5 Å². The number of methoxy groups -OCH3 is 1. The molecule has 0 saturated carbocycles. The smallest absolute Gasteiger partial charge is 0.274 e. The summed E-state index contributed by atoms with van der Waals surface area (Å²) >= 11 is 0. The van der Waals surface area contributed by atoms with Crippen molar-refractivity contribution in [3.63, 3.8) is 0 Å². The van der Waals surface area contributed by atoms with E-state index in [1.165, 1.54) is 12.4 Å². The number of aromatic nitrogens is 2. The van der Waals surface area contributed by atoms with Gasteiger partial charge in [-0.1, -0.05) is 6.07 Å². The average Bonchev–Trinajstić information content (AvgIpc) is 2.64. The van der Waals surface area contributed by atoms with Crippen LogP contribution in [0, 0.1) is 11.6 Å². The van der Waals surface area contributed by atoms with E-state index in [0.717, 1.165) is 12.1 Å². The Bertz CT molecular complexity index is 950. The molecule has 2 N–H and O–H groups in total. The molecule has 0 bridgehead atoms. The van der Waals surface area contributed by atoms with Gasteiger partial charge in [-0.05, 0) is 24.3 Å². The van der Waals surface area contributed by atoms with Crippen molar-refractivity contribution in [3.05, 3.63) is 72.2 Å². The fraction of sp³-hybridized carbons (Fsp3) is 0.0556. The standard InChI is InChI=1S/C18H14F2N4O2/c1-26-13-4-2-3-12(8-13)23-17-9-16(21-10-22-17)18(25)24-15-6-5-11(19)7-14(15)20/h2-10H,1H3,(H,24,25)(H,21,22,23). The van der Waals surface area contributed by atoms with Gasteiger partial charge in [-0.2, -0.15) is 0 Å². The third-order valence-corrected chi connectivity index (χ3v) is 3.42. The second kappa shape index (κ2) is 7.56. The summed E-state index contributed by atoms with van der Waals surface area (Å²) in [6, 6.07) is 11.4. The number of carbonyl (C=O) groups is 1. The normalized spacial score (nSPS) is 10.3. The largest absolute Gasteiger partial charge is 0.497 e. The fourth-order valence-corrected chi connectivity index (χ4v) is 2.18. The molecule has 0 saturated heterocycles. The van der Waals surface area contributed by atoms with Gasteiger partial charge in [0.25, 0.3) is 5.91 Å². The Balaban J connectivity index is 1.76. The molecule has 0 aliphatic rings. The quantitative estimate of drug-likeness (QED) is 0.728. The Morgan fingerprint density at radius 3 is 2.69 bits per heavy atom. The number of amides is 1. The van der Waals surface area contributed by atoms with Gasteiger partial charge in [0.05, 0.1) is 12.8 Å². The van der Waals surface area contributed by atoms with E-state index < -0.39 is 17.5 Å². The van der Waals surface area contributed by atoms with Gasteiger partial charge < -0.3 is 15.4 Å². The molecule has 0 aliphatic carbocycles. The molecule has 26 heavy (non-hydrogen) atoms. The molecule has 8 heteroatoms. The third-order valence-electron chi connectivity index (χ3n) is 3.42. The molecule has 1 heterocycles. The van der Waals surface area contributed by atoms with Crippen molar-refractivity contribution in [2.45, 2.75) is 0 Å². The molecule has 1 aromatic heterocycles. The highest BCUT2D eigenvalue weighted by molar-refractivity contribution is 6.03. The molecule has 6 nitrogen and oxygen atoms in total. The van der Waals surface area contributed by atoms with Crippen LogP contribution in [0.15, 0.2) is 54.9 Å². The van der Waals surface area contributed by atoms with E-state index in [9.17, 15) is 13.6 Å². The Kier molecular flexibility index (Phi) is 5.02. The van der Waals surface area contributed by atoms with Crippen LogP contribution in [0.5, 0.6) is 5.75 Å². The van der Waals surface area contributed by atoms with Crippen LogP contribution in [0.4, 0.5) is 26.0 Å². The number of benzene rings is 2. The minimum absolute atomic E-state index is 0.0223. The van der Waals surface area contributed by atoms with Crippen LogP contribution in [0.3, 0.4) is 0 Å². The first-order valence-electron chi connectivity index (χ1n) is 7.54. The summed E-state index contributed by atoms with van der Waals surface area (Å²) in [6.07, 6.45) is 1.21. The number of nitrogens with zero attached hydrogens (tertiary/aromatic N) is 2. The van der Waals surface area contributed by atoms with Crippen molar-refractivity contribution < 1.29 is 18.3 Å². The molecule has 3 aromatic rings. The number of anilines is 3. The number of rotatable bonds is 5. The minimum atomic E-state index is -0.873. The SMILES string of the molecule is COc1cccc(Nc2cc(C(=O)Nc3ccc(F)cc3F)ncn2)c1. The van der Waals surface area contributed by atoms with Gasteiger partial charge in [-0.25, -0.2) is 18.7 Å². The molecule has 0 spiro atoms. The van der Waals surface area contributed by atoms with Gasteiger partial charge in [-0.15, -0.1) is 0 Å². The zero-order valence-corrected chi connectivity index (χ0v) is 13.7. The van der Waals surface area contributed by atoms with Gasteiger partial charge >= 0.3 is 0 Å². The zero-order valence-electron chi connectivity index (χ0n) is 13.7. The lowest BCUT2D eigenvalue weighted by Gasteiger charge is -2.09. The fourth-order valence-electron chi connectivity index (χ4n) is 2.18. The number of hydrogen-bond donors (Lipinski definition) is 2. The molecule has 0 aliphatic heterocycles. The van der Waals surface area contributed by atoms with Crippen LogP contribution < -0.4 is 15.4 Å². The highest BCUT2D eigenvalue weighted by Gasteiger charge is 2.12. The topological polar surface area (TPSA) is 76.1 Å². The second-order valence-corrected chi connectivity index (χ2v) is 5.22. The summed E-state index contributed by atoms with van der Waals surface area (Å²) in [4.78, 5) is 20.2. The van der Waals surface area contributed by atoms with E-state index in [-0.39, 0.29) is 11.4 Å². The van der Waals surface area contributed by atoms with Crippen LogP contribution in [-0.4, -0.2) is 23.0 Å². The first-order chi connectivity index (χ1) is 12.5. The molecular formula is C18H14F2N4O2. The summed E-state index contributed by atoms with van der Waals surface area (Å²) in [5, 5.41) is 5.37. The molecule has 0 unspecified atom stereocenters. The highest BCUT2D eigenvalue weighted by atomic mass is 19.1. The molecule has 1 amide bonds. The van der Waals surface area contributed by atoms with Crippen LogP contribution in [0.2, 0.25) is 0 Å². The average molecular weight is 356 g/mol. The van der Waals surface area contributed by atoms with E-state index in [1.807, 2.05) is 0 Å². The van der Waals surface area contributed by atoms with E-state index >= 15 is 0 Å². The van der Waals surface area contributed by atoms with Crippen molar-refractivity contribution in [2.75, 3.05) is 17.7 Å². The Labute approximate surface area is 147 Å². The number of nitrogens with one attached hydrogen (secondary N) is 2. The molecule has 3 rings (SSSR count). The summed E-state index contributed by atoms with van der Waals surface area (Å²) in [5.74, 6) is -1.21. The number of hydrogen-bond acceptors (Lipinski definition) is 5. The predicted octanol–water partition coefficient (Wildman–Crippen LogP) is 3.76. The molecule has 0 atom stereocenters. The minimum Gasteiger partial charge on any atom is -0.497 e. The Morgan fingerprint density at radius 1 is 1.08 bits per heavy atom. The lowest BCUT2D eigenvalue weighted by Crippen LogP contribution is -2.15. The van der Waals surface area contributed by atoms with Crippen molar-refractivity contribution in [2.24, 2.45) is 0 Å². The molecule has 2 aromatic carbocycles. The zero-order chi connectivity index (χ0) is 18.5. The summed E-state index contributed by atoms with van der Waals surface area (Å²) in [6.45, 7) is 0. The second-order valence-electron chi connectivity index (χ2n) is 5.22. The monoisotopic (exact) mass is 356 g/mol.